The minimum absolute atomic E-state index is 0.0467. The normalized spacial score (nSPS) is 13.8. The van der Waals surface area contributed by atoms with E-state index in [1.807, 2.05) is 0 Å². The molecule has 4 aromatic rings. The number of amides is 1. The van der Waals surface area contributed by atoms with Gasteiger partial charge in [0.1, 0.15) is 16.5 Å². The van der Waals surface area contributed by atoms with Crippen LogP contribution in [0.25, 0.3) is 11.0 Å². The highest BCUT2D eigenvalue weighted by Crippen LogP contribution is 2.42. The molecule has 9 nitrogen and oxygen atoms in total. The van der Waals surface area contributed by atoms with Crippen molar-refractivity contribution in [3.8, 4) is 17.2 Å². The lowest BCUT2D eigenvalue weighted by atomic mass is 10.1. The molecule has 0 fully saturated rings. The summed E-state index contributed by atoms with van der Waals surface area (Å²) in [5.74, 6) is -0.233. The number of halogens is 2. The second-order valence-electron chi connectivity index (χ2n) is 6.98. The molecule has 168 valence electrons. The number of nitrogens with one attached hydrogen (secondary N) is 2. The molecule has 1 aliphatic heterocycles. The van der Waals surface area contributed by atoms with Crippen molar-refractivity contribution in [2.24, 2.45) is 0 Å². The fourth-order valence-electron chi connectivity index (χ4n) is 3.20. The van der Waals surface area contributed by atoms with Gasteiger partial charge < -0.3 is 19.2 Å². The van der Waals surface area contributed by atoms with Gasteiger partial charge in [-0.3, -0.25) is 14.9 Å². The number of methoxy groups -OCH3 is 1. The number of thiazole rings is 1. The van der Waals surface area contributed by atoms with Crippen molar-refractivity contribution in [1.82, 2.24) is 15.0 Å². The average Bonchev–Trinajstić information content (AvgIpc) is 3.47. The van der Waals surface area contributed by atoms with Crippen LogP contribution >= 0.6 is 11.3 Å². The number of hydrogen-bond acceptors (Lipinski definition) is 8. The number of anilines is 1. The van der Waals surface area contributed by atoms with E-state index in [2.05, 4.69) is 29.7 Å². The number of alkyl halides is 2. The summed E-state index contributed by atoms with van der Waals surface area (Å²) in [6, 6.07) is 9.30. The molecule has 0 radical (unpaired) electrons. The van der Waals surface area contributed by atoms with Gasteiger partial charge >= 0.3 is 6.29 Å². The highest BCUT2D eigenvalue weighted by Gasteiger charge is 2.43. The number of carbonyl (C=O) groups is 2. The number of ketones is 1. The summed E-state index contributed by atoms with van der Waals surface area (Å²) in [7, 11) is 1.54. The molecule has 12 heteroatoms. The van der Waals surface area contributed by atoms with E-state index in [1.54, 1.807) is 31.4 Å². The maximum Gasteiger partial charge on any atom is 0.586 e. The number of fused-ring (bicyclic) bond motifs is 2. The Kier molecular flexibility index (Phi) is 4.93. The van der Waals surface area contributed by atoms with Gasteiger partial charge in [-0.25, -0.2) is 9.97 Å². The molecule has 2 aromatic heterocycles. The summed E-state index contributed by atoms with van der Waals surface area (Å²) in [6.45, 7) is 0. The number of imidazole rings is 1. The van der Waals surface area contributed by atoms with Crippen LogP contribution in [-0.4, -0.2) is 40.0 Å². The topological polar surface area (TPSA) is 115 Å². The lowest BCUT2D eigenvalue weighted by Crippen LogP contribution is -2.25. The van der Waals surface area contributed by atoms with Crippen LogP contribution in [0.4, 0.5) is 14.7 Å². The van der Waals surface area contributed by atoms with Gasteiger partial charge in [-0.2, -0.15) is 0 Å². The smallest absolute Gasteiger partial charge is 0.497 e. The number of nitrogens with zero attached hydrogens (tertiary/aromatic N) is 2. The second kappa shape index (κ2) is 7.81. The molecule has 0 aliphatic carbocycles. The number of benzene rings is 2. The van der Waals surface area contributed by atoms with E-state index < -0.39 is 12.2 Å². The minimum atomic E-state index is -3.73. The summed E-state index contributed by atoms with van der Waals surface area (Å²) < 4.78 is 40.2. The second-order valence-corrected chi connectivity index (χ2v) is 7.92. The summed E-state index contributed by atoms with van der Waals surface area (Å²) in [5.41, 5.74) is 1.30. The first kappa shape index (κ1) is 20.8. The van der Waals surface area contributed by atoms with Crippen molar-refractivity contribution >= 4 is 40.0 Å². The lowest BCUT2D eigenvalue weighted by molar-refractivity contribution is -0.286. The zero-order chi connectivity index (χ0) is 23.2. The van der Waals surface area contributed by atoms with Gasteiger partial charge in [-0.1, -0.05) is 0 Å². The van der Waals surface area contributed by atoms with Crippen molar-refractivity contribution in [2.75, 3.05) is 12.4 Å². The Labute approximate surface area is 188 Å². The molecular formula is C21H14F2N4O5S. The minimum Gasteiger partial charge on any atom is -0.497 e. The monoisotopic (exact) mass is 472 g/mol. The number of rotatable bonds is 6. The fraction of sp³-hybridized carbons (Fsp3) is 0.143. The van der Waals surface area contributed by atoms with Gasteiger partial charge in [0.15, 0.2) is 17.3 Å². The number of hydrogen-bond donors (Lipinski definition) is 2. The Morgan fingerprint density at radius 1 is 1.15 bits per heavy atom. The number of aromatic nitrogens is 3. The molecule has 33 heavy (non-hydrogen) atoms. The summed E-state index contributed by atoms with van der Waals surface area (Å²) in [6.07, 6.45) is -3.68. The highest BCUT2D eigenvalue weighted by atomic mass is 32.1. The SMILES string of the molecule is COc1ccc(C(=O)Cc2nc(C(=O)Nc3nc4cc5c(cc4[nH]3)OC(F)(F)O5)cs2)cc1. The molecule has 1 amide bonds. The molecule has 3 heterocycles. The number of carbonyl (C=O) groups excluding carboxylic acids is 2. The van der Waals surface area contributed by atoms with Crippen LogP contribution in [0.1, 0.15) is 25.9 Å². The third-order valence-corrected chi connectivity index (χ3v) is 5.59. The van der Waals surface area contributed by atoms with Crippen LogP contribution in [0.15, 0.2) is 41.8 Å². The maximum atomic E-state index is 13.2. The molecule has 0 saturated carbocycles. The first-order chi connectivity index (χ1) is 15.8. The van der Waals surface area contributed by atoms with Crippen LogP contribution in [0, 0.1) is 0 Å². The molecule has 0 spiro atoms. The Hall–Kier alpha value is -4.06. The summed E-state index contributed by atoms with van der Waals surface area (Å²) >= 11 is 1.19. The highest BCUT2D eigenvalue weighted by molar-refractivity contribution is 7.10. The number of Topliss-reactive ketones (excluding diaryl/α,β-unsaturated/α-hetero) is 1. The Morgan fingerprint density at radius 3 is 2.61 bits per heavy atom. The summed E-state index contributed by atoms with van der Waals surface area (Å²) in [4.78, 5) is 36.2. The fourth-order valence-corrected chi connectivity index (χ4v) is 3.97. The number of aromatic amines is 1. The maximum absolute atomic E-state index is 13.2. The third-order valence-electron chi connectivity index (χ3n) is 4.75. The summed E-state index contributed by atoms with van der Waals surface area (Å²) in [5, 5.41) is 4.58. The lowest BCUT2D eigenvalue weighted by Gasteiger charge is -2.04. The van der Waals surface area contributed by atoms with Crippen LogP contribution in [0.3, 0.4) is 0 Å². The number of ether oxygens (including phenoxy) is 3. The van der Waals surface area contributed by atoms with Gasteiger partial charge in [0.2, 0.25) is 5.95 Å². The molecular weight excluding hydrogens is 458 g/mol. The molecule has 0 bridgehead atoms. The Bertz CT molecular complexity index is 1340. The van der Waals surface area contributed by atoms with Gasteiger partial charge in [-0.05, 0) is 24.3 Å². The molecule has 5 rings (SSSR count). The molecule has 0 atom stereocenters. The van der Waals surface area contributed by atoms with Crippen LogP contribution in [-0.2, 0) is 6.42 Å². The van der Waals surface area contributed by atoms with Crippen molar-refractivity contribution in [3.05, 3.63) is 58.0 Å². The van der Waals surface area contributed by atoms with Crippen LogP contribution in [0.5, 0.6) is 17.2 Å². The Balaban J connectivity index is 1.26. The number of H-pyrrole nitrogens is 1. The zero-order valence-corrected chi connectivity index (χ0v) is 17.7. The van der Waals surface area contributed by atoms with Gasteiger partial charge in [0, 0.05) is 23.1 Å². The Morgan fingerprint density at radius 2 is 1.88 bits per heavy atom. The van der Waals surface area contributed by atoms with E-state index in [0.29, 0.717) is 27.4 Å². The third kappa shape index (κ3) is 4.20. The zero-order valence-electron chi connectivity index (χ0n) is 16.8. The van der Waals surface area contributed by atoms with Crippen molar-refractivity contribution < 1.29 is 32.6 Å². The molecule has 0 saturated heterocycles. The average molecular weight is 472 g/mol. The first-order valence-corrected chi connectivity index (χ1v) is 10.4. The van der Waals surface area contributed by atoms with Crippen LogP contribution < -0.4 is 19.5 Å². The van der Waals surface area contributed by atoms with E-state index >= 15 is 0 Å². The van der Waals surface area contributed by atoms with Crippen molar-refractivity contribution in [2.45, 2.75) is 12.7 Å². The molecule has 2 aromatic carbocycles. The predicted octanol–water partition coefficient (Wildman–Crippen LogP) is 4.03. The van der Waals surface area contributed by atoms with Gasteiger partial charge in [0.25, 0.3) is 5.91 Å². The largest absolute Gasteiger partial charge is 0.586 e. The predicted molar refractivity (Wildman–Crippen MR) is 113 cm³/mol. The van der Waals surface area contributed by atoms with E-state index in [1.165, 1.54) is 28.8 Å². The van der Waals surface area contributed by atoms with Crippen LogP contribution in [0.2, 0.25) is 0 Å². The van der Waals surface area contributed by atoms with E-state index in [4.69, 9.17) is 4.74 Å². The van der Waals surface area contributed by atoms with Gasteiger partial charge in [0.05, 0.1) is 24.6 Å². The standard InChI is InChI=1S/C21H14F2N4O5S/c1-30-11-4-2-10(3-5-11)15(28)8-18-24-14(9-33-18)19(29)27-20-25-12-6-16-17(7-13(12)26-20)32-21(22,23)31-16/h2-7,9H,8H2,1H3,(H2,25,26,27,29). The van der Waals surface area contributed by atoms with Gasteiger partial charge in [-0.15, -0.1) is 20.1 Å². The molecule has 2 N–H and O–H groups in total. The molecule has 1 aliphatic rings. The quantitative estimate of drug-likeness (QED) is 0.407. The van der Waals surface area contributed by atoms with E-state index in [-0.39, 0.29) is 35.3 Å². The molecule has 0 unspecified atom stereocenters. The van der Waals surface area contributed by atoms with E-state index in [0.717, 1.165) is 0 Å². The first-order valence-electron chi connectivity index (χ1n) is 9.52. The van der Waals surface area contributed by atoms with E-state index in [9.17, 15) is 18.4 Å². The van der Waals surface area contributed by atoms with Crippen molar-refractivity contribution in [3.63, 3.8) is 0 Å². The van der Waals surface area contributed by atoms with Crippen molar-refractivity contribution in [1.29, 1.82) is 0 Å².